The van der Waals surface area contributed by atoms with Crippen molar-refractivity contribution in [2.24, 2.45) is 10.9 Å². The molecule has 1 aliphatic heterocycles. The van der Waals surface area contributed by atoms with Crippen LogP contribution in [0.2, 0.25) is 0 Å². The van der Waals surface area contributed by atoms with Crippen LogP contribution >= 0.6 is 11.3 Å². The number of hydrogen-bond donors (Lipinski definition) is 2. The van der Waals surface area contributed by atoms with Gasteiger partial charge >= 0.3 is 0 Å². The number of aromatic nitrogens is 1. The Balaban J connectivity index is 1.37. The number of rotatable bonds is 6. The largest absolute Gasteiger partial charge is 0.356 e. The van der Waals surface area contributed by atoms with E-state index >= 15 is 0 Å². The Bertz CT molecular complexity index is 752. The van der Waals surface area contributed by atoms with Crippen LogP contribution in [0.1, 0.15) is 29.1 Å². The summed E-state index contributed by atoms with van der Waals surface area (Å²) in [5.41, 5.74) is 1.83. The Morgan fingerprint density at radius 1 is 1.30 bits per heavy atom. The average molecular weight is 390 g/mol. The minimum atomic E-state index is -0.192. The van der Waals surface area contributed by atoms with Gasteiger partial charge in [-0.05, 0) is 44.8 Å². The number of guanidine groups is 1. The molecule has 0 atom stereocenters. The first kappa shape index (κ1) is 19.8. The maximum atomic E-state index is 13.7. The van der Waals surface area contributed by atoms with Gasteiger partial charge in [-0.1, -0.05) is 18.2 Å². The zero-order valence-electron chi connectivity index (χ0n) is 16.0. The topological polar surface area (TPSA) is 52.6 Å². The summed E-state index contributed by atoms with van der Waals surface area (Å²) in [6, 6.07) is 6.81. The third-order valence-corrected chi connectivity index (χ3v) is 5.77. The van der Waals surface area contributed by atoms with Crippen LogP contribution in [0.15, 0.2) is 34.6 Å². The Labute approximate surface area is 164 Å². The highest BCUT2D eigenvalue weighted by atomic mass is 32.1. The van der Waals surface area contributed by atoms with Gasteiger partial charge in [0.15, 0.2) is 5.96 Å². The lowest BCUT2D eigenvalue weighted by Crippen LogP contribution is -2.42. The lowest BCUT2D eigenvalue weighted by Gasteiger charge is -2.31. The second-order valence-corrected chi connectivity index (χ2v) is 8.04. The third-order valence-electron chi connectivity index (χ3n) is 4.95. The van der Waals surface area contributed by atoms with Crippen LogP contribution in [-0.4, -0.2) is 42.5 Å². The van der Waals surface area contributed by atoms with Gasteiger partial charge in [-0.2, -0.15) is 0 Å². The smallest absolute Gasteiger partial charge is 0.191 e. The molecule has 1 aromatic heterocycles. The summed E-state index contributed by atoms with van der Waals surface area (Å²) < 4.78 is 13.7. The summed E-state index contributed by atoms with van der Waals surface area (Å²) in [5, 5.41) is 9.87. The van der Waals surface area contributed by atoms with Gasteiger partial charge in [0.05, 0.1) is 10.7 Å². The highest BCUT2D eigenvalue weighted by Crippen LogP contribution is 2.19. The number of aryl methyl sites for hydroxylation is 1. The fourth-order valence-corrected chi connectivity index (χ4v) is 3.94. The minimum Gasteiger partial charge on any atom is -0.356 e. The van der Waals surface area contributed by atoms with Crippen molar-refractivity contribution in [1.82, 2.24) is 20.5 Å². The van der Waals surface area contributed by atoms with Crippen molar-refractivity contribution in [3.63, 3.8) is 0 Å². The number of piperidine rings is 1. The molecule has 1 saturated heterocycles. The summed E-state index contributed by atoms with van der Waals surface area (Å²) in [4.78, 5) is 11.3. The second kappa shape index (κ2) is 9.80. The Morgan fingerprint density at radius 2 is 2.07 bits per heavy atom. The van der Waals surface area contributed by atoms with Gasteiger partial charge in [0, 0.05) is 37.6 Å². The number of nitrogens with zero attached hydrogens (tertiary/aromatic N) is 3. The fraction of sp³-hybridized carbons (Fsp3) is 0.500. The quantitative estimate of drug-likeness (QED) is 0.589. The molecule has 0 amide bonds. The van der Waals surface area contributed by atoms with Gasteiger partial charge in [0.25, 0.3) is 0 Å². The van der Waals surface area contributed by atoms with Crippen molar-refractivity contribution in [3.8, 4) is 0 Å². The fourth-order valence-electron chi connectivity index (χ4n) is 3.34. The number of halogens is 1. The minimum absolute atomic E-state index is 0.192. The predicted molar refractivity (Wildman–Crippen MR) is 109 cm³/mol. The number of nitrogens with one attached hydrogen (secondary N) is 2. The van der Waals surface area contributed by atoms with Crippen LogP contribution in [0.25, 0.3) is 0 Å². The first-order valence-corrected chi connectivity index (χ1v) is 10.3. The van der Waals surface area contributed by atoms with Crippen LogP contribution < -0.4 is 10.6 Å². The molecular formula is C20H28FN5S. The van der Waals surface area contributed by atoms with Crippen LogP contribution in [0.3, 0.4) is 0 Å². The SMILES string of the molecule is CN=C(NCc1ccccc1F)NCC1CCN(Cc2csc(C)n2)CC1. The van der Waals surface area contributed by atoms with E-state index in [0.717, 1.165) is 37.1 Å². The van der Waals surface area contributed by atoms with Crippen LogP contribution in [-0.2, 0) is 13.1 Å². The summed E-state index contributed by atoms with van der Waals surface area (Å²) in [7, 11) is 1.75. The zero-order chi connectivity index (χ0) is 19.1. The van der Waals surface area contributed by atoms with E-state index in [1.165, 1.54) is 24.6 Å². The summed E-state index contributed by atoms with van der Waals surface area (Å²) in [6.07, 6.45) is 2.33. The molecule has 2 heterocycles. The van der Waals surface area contributed by atoms with Crippen molar-refractivity contribution in [2.45, 2.75) is 32.9 Å². The maximum Gasteiger partial charge on any atom is 0.191 e. The number of hydrogen-bond acceptors (Lipinski definition) is 4. The van der Waals surface area contributed by atoms with E-state index in [2.05, 4.69) is 37.8 Å². The molecule has 0 radical (unpaired) electrons. The lowest BCUT2D eigenvalue weighted by atomic mass is 9.97. The Hall–Kier alpha value is -1.99. The Morgan fingerprint density at radius 3 is 2.74 bits per heavy atom. The van der Waals surface area contributed by atoms with Crippen molar-refractivity contribution >= 4 is 17.3 Å². The van der Waals surface area contributed by atoms with Crippen molar-refractivity contribution in [2.75, 3.05) is 26.7 Å². The van der Waals surface area contributed by atoms with E-state index in [9.17, 15) is 4.39 Å². The standard InChI is InChI=1S/C20H28FN5S/c1-15-25-18(14-27-15)13-26-9-7-16(8-10-26)11-23-20(22-2)24-12-17-5-3-4-6-19(17)21/h3-6,14,16H,7-13H2,1-2H3,(H2,22,23,24). The van der Waals surface area contributed by atoms with E-state index < -0.39 is 0 Å². The number of likely N-dealkylation sites (tertiary alicyclic amines) is 1. The molecule has 2 aromatic rings. The third kappa shape index (κ3) is 6.01. The highest BCUT2D eigenvalue weighted by molar-refractivity contribution is 7.09. The van der Waals surface area contributed by atoms with Gasteiger partial charge in [0.2, 0.25) is 0 Å². The van der Waals surface area contributed by atoms with Crippen molar-refractivity contribution < 1.29 is 4.39 Å². The van der Waals surface area contributed by atoms with E-state index in [0.29, 0.717) is 18.0 Å². The molecule has 0 saturated carbocycles. The van der Waals surface area contributed by atoms with E-state index in [1.54, 1.807) is 30.5 Å². The molecule has 7 heteroatoms. The zero-order valence-corrected chi connectivity index (χ0v) is 16.9. The van der Waals surface area contributed by atoms with E-state index in [4.69, 9.17) is 0 Å². The van der Waals surface area contributed by atoms with Crippen LogP contribution in [0.4, 0.5) is 4.39 Å². The Kier molecular flexibility index (Phi) is 7.18. The molecule has 27 heavy (non-hydrogen) atoms. The van der Waals surface area contributed by atoms with Gasteiger partial charge in [0.1, 0.15) is 5.82 Å². The molecule has 3 rings (SSSR count). The molecule has 1 aromatic carbocycles. The van der Waals surface area contributed by atoms with Gasteiger partial charge in [-0.3, -0.25) is 9.89 Å². The monoisotopic (exact) mass is 389 g/mol. The molecule has 1 aliphatic rings. The van der Waals surface area contributed by atoms with Crippen LogP contribution in [0.5, 0.6) is 0 Å². The summed E-state index contributed by atoms with van der Waals surface area (Å²) in [5.74, 6) is 1.16. The second-order valence-electron chi connectivity index (χ2n) is 6.98. The van der Waals surface area contributed by atoms with Crippen LogP contribution in [0, 0.1) is 18.7 Å². The first-order valence-electron chi connectivity index (χ1n) is 9.45. The van der Waals surface area contributed by atoms with Gasteiger partial charge < -0.3 is 10.6 Å². The molecule has 0 bridgehead atoms. The first-order chi connectivity index (χ1) is 13.1. The number of aliphatic imine (C=N–C) groups is 1. The van der Waals surface area contributed by atoms with Crippen molar-refractivity contribution in [3.05, 3.63) is 51.7 Å². The molecule has 2 N–H and O–H groups in total. The summed E-state index contributed by atoms with van der Waals surface area (Å²) in [6.45, 7) is 6.53. The molecular weight excluding hydrogens is 361 g/mol. The molecule has 1 fully saturated rings. The number of benzene rings is 1. The summed E-state index contributed by atoms with van der Waals surface area (Å²) >= 11 is 1.72. The normalized spacial score (nSPS) is 16.5. The molecule has 0 spiro atoms. The predicted octanol–water partition coefficient (Wildman–Crippen LogP) is 3.17. The maximum absolute atomic E-state index is 13.7. The molecule has 0 unspecified atom stereocenters. The van der Waals surface area contributed by atoms with E-state index in [1.807, 2.05) is 6.07 Å². The number of thiazole rings is 1. The molecule has 5 nitrogen and oxygen atoms in total. The van der Waals surface area contributed by atoms with Gasteiger partial charge in [-0.15, -0.1) is 11.3 Å². The average Bonchev–Trinajstić information content (AvgIpc) is 3.09. The van der Waals surface area contributed by atoms with Gasteiger partial charge in [-0.25, -0.2) is 9.37 Å². The lowest BCUT2D eigenvalue weighted by molar-refractivity contribution is 0.176. The molecule has 146 valence electrons. The van der Waals surface area contributed by atoms with Crippen molar-refractivity contribution in [1.29, 1.82) is 0 Å². The molecule has 0 aliphatic carbocycles. The highest BCUT2D eigenvalue weighted by Gasteiger charge is 2.20. The van der Waals surface area contributed by atoms with E-state index in [-0.39, 0.29) is 5.82 Å².